The fourth-order valence-electron chi connectivity index (χ4n) is 0.635. The van der Waals surface area contributed by atoms with Crippen molar-refractivity contribution >= 4 is 5.91 Å². The number of allylic oxidation sites excluding steroid dienone is 2. The van der Waals surface area contributed by atoms with Crippen molar-refractivity contribution in [3.05, 3.63) is 11.8 Å². The van der Waals surface area contributed by atoms with Crippen LogP contribution in [-0.4, -0.2) is 5.91 Å². The summed E-state index contributed by atoms with van der Waals surface area (Å²) >= 11 is 0. The van der Waals surface area contributed by atoms with Crippen LogP contribution >= 0.6 is 0 Å². The number of nitrogens with one attached hydrogen (secondary N) is 1. The smallest absolute Gasteiger partial charge is 0.220 e. The number of amides is 1. The molecular weight excluding hydrogens is 114 g/mol. The summed E-state index contributed by atoms with van der Waals surface area (Å²) in [5, 5.41) is 2.67. The first-order valence-electron chi connectivity index (χ1n) is 3.11. The molecule has 0 aromatic rings. The average Bonchev–Trinajstić information content (AvgIpc) is 1.63. The van der Waals surface area contributed by atoms with Crippen LogP contribution in [0.25, 0.3) is 0 Å². The molecule has 2 nitrogen and oxygen atoms in total. The molecule has 9 heavy (non-hydrogen) atoms. The minimum absolute atomic E-state index is 0.00259. The maximum absolute atomic E-state index is 10.4. The zero-order chi connectivity index (χ0) is 7.28. The van der Waals surface area contributed by atoms with Crippen LogP contribution in [0, 0.1) is 0 Å². The SMILES string of the molecule is CCC=C(C)NC(C)=O. The third kappa shape index (κ3) is 5.07. The molecule has 0 aromatic heterocycles. The molecular formula is C7H13NO. The van der Waals surface area contributed by atoms with Gasteiger partial charge in [-0.15, -0.1) is 0 Å². The van der Waals surface area contributed by atoms with Gasteiger partial charge in [-0.1, -0.05) is 13.0 Å². The van der Waals surface area contributed by atoms with Crippen LogP contribution in [0.5, 0.6) is 0 Å². The number of carbonyl (C=O) groups excluding carboxylic acids is 1. The third-order valence-electron chi connectivity index (χ3n) is 0.884. The Bertz CT molecular complexity index is 127. The number of carbonyl (C=O) groups is 1. The lowest BCUT2D eigenvalue weighted by Crippen LogP contribution is -2.16. The van der Waals surface area contributed by atoms with Crippen LogP contribution in [0.3, 0.4) is 0 Å². The highest BCUT2D eigenvalue weighted by Crippen LogP contribution is 1.88. The fraction of sp³-hybridized carbons (Fsp3) is 0.571. The third-order valence-corrected chi connectivity index (χ3v) is 0.884. The number of hydrogen-bond acceptors (Lipinski definition) is 1. The summed E-state index contributed by atoms with van der Waals surface area (Å²) < 4.78 is 0. The molecule has 0 aliphatic heterocycles. The second-order valence-corrected chi connectivity index (χ2v) is 1.98. The van der Waals surface area contributed by atoms with E-state index < -0.39 is 0 Å². The first-order valence-corrected chi connectivity index (χ1v) is 3.11. The van der Waals surface area contributed by atoms with E-state index in [0.29, 0.717) is 0 Å². The van der Waals surface area contributed by atoms with E-state index >= 15 is 0 Å². The van der Waals surface area contributed by atoms with Gasteiger partial charge in [0.2, 0.25) is 5.91 Å². The van der Waals surface area contributed by atoms with Crippen LogP contribution in [0.15, 0.2) is 11.8 Å². The van der Waals surface area contributed by atoms with Crippen molar-refractivity contribution in [3.8, 4) is 0 Å². The van der Waals surface area contributed by atoms with Crippen molar-refractivity contribution in [2.24, 2.45) is 0 Å². The quantitative estimate of drug-likeness (QED) is 0.597. The minimum atomic E-state index is -0.00259. The van der Waals surface area contributed by atoms with Crippen LogP contribution in [0.4, 0.5) is 0 Å². The molecule has 0 fully saturated rings. The Balaban J connectivity index is 3.62. The lowest BCUT2D eigenvalue weighted by molar-refractivity contribution is -0.118. The topological polar surface area (TPSA) is 29.1 Å². The predicted molar refractivity (Wildman–Crippen MR) is 37.9 cm³/mol. The molecule has 1 N–H and O–H groups in total. The van der Waals surface area contributed by atoms with Crippen molar-refractivity contribution in [1.82, 2.24) is 5.32 Å². The van der Waals surface area contributed by atoms with Gasteiger partial charge in [0.05, 0.1) is 0 Å². The Labute approximate surface area is 56.0 Å². The molecule has 0 atom stereocenters. The Morgan fingerprint density at radius 2 is 2.11 bits per heavy atom. The van der Waals surface area contributed by atoms with Gasteiger partial charge in [-0.05, 0) is 13.3 Å². The van der Waals surface area contributed by atoms with E-state index in [2.05, 4.69) is 5.32 Å². The highest BCUT2D eigenvalue weighted by Gasteiger charge is 1.88. The Morgan fingerprint density at radius 1 is 1.56 bits per heavy atom. The molecule has 0 radical (unpaired) electrons. The van der Waals surface area contributed by atoms with Gasteiger partial charge in [-0.25, -0.2) is 0 Å². The standard InChI is InChI=1S/C7H13NO/c1-4-5-6(2)8-7(3)9/h5H,4H2,1-3H3,(H,8,9). The fourth-order valence-corrected chi connectivity index (χ4v) is 0.635. The normalized spacial score (nSPS) is 11.2. The van der Waals surface area contributed by atoms with Crippen molar-refractivity contribution in [2.75, 3.05) is 0 Å². The summed E-state index contributed by atoms with van der Waals surface area (Å²) in [7, 11) is 0. The highest BCUT2D eigenvalue weighted by molar-refractivity contribution is 5.74. The lowest BCUT2D eigenvalue weighted by atomic mass is 10.3. The molecule has 0 aromatic carbocycles. The van der Waals surface area contributed by atoms with Crippen molar-refractivity contribution in [3.63, 3.8) is 0 Å². The lowest BCUT2D eigenvalue weighted by Gasteiger charge is -1.98. The summed E-state index contributed by atoms with van der Waals surface area (Å²) in [6.45, 7) is 5.42. The van der Waals surface area contributed by atoms with Gasteiger partial charge in [0.15, 0.2) is 0 Å². The van der Waals surface area contributed by atoms with Crippen LogP contribution in [0.2, 0.25) is 0 Å². The maximum atomic E-state index is 10.4. The van der Waals surface area contributed by atoms with Gasteiger partial charge >= 0.3 is 0 Å². The van der Waals surface area contributed by atoms with Gasteiger partial charge in [0.25, 0.3) is 0 Å². The van der Waals surface area contributed by atoms with E-state index in [-0.39, 0.29) is 5.91 Å². The van der Waals surface area contributed by atoms with Crippen LogP contribution in [0.1, 0.15) is 27.2 Å². The summed E-state index contributed by atoms with van der Waals surface area (Å²) in [6, 6.07) is 0. The van der Waals surface area contributed by atoms with Crippen molar-refractivity contribution in [1.29, 1.82) is 0 Å². The molecule has 0 aliphatic carbocycles. The van der Waals surface area contributed by atoms with E-state index in [9.17, 15) is 4.79 Å². The van der Waals surface area contributed by atoms with E-state index in [0.717, 1.165) is 12.1 Å². The van der Waals surface area contributed by atoms with E-state index in [1.807, 2.05) is 19.9 Å². The second-order valence-electron chi connectivity index (χ2n) is 1.98. The van der Waals surface area contributed by atoms with E-state index in [4.69, 9.17) is 0 Å². The molecule has 0 saturated heterocycles. The first-order chi connectivity index (χ1) is 4.16. The van der Waals surface area contributed by atoms with Crippen molar-refractivity contribution in [2.45, 2.75) is 27.2 Å². The van der Waals surface area contributed by atoms with Crippen LogP contribution < -0.4 is 5.32 Å². The molecule has 52 valence electrons. The largest absolute Gasteiger partial charge is 0.331 e. The molecule has 0 saturated carbocycles. The Hall–Kier alpha value is -0.790. The van der Waals surface area contributed by atoms with E-state index in [1.54, 1.807) is 0 Å². The molecule has 1 amide bonds. The van der Waals surface area contributed by atoms with Gasteiger partial charge in [0.1, 0.15) is 0 Å². The highest BCUT2D eigenvalue weighted by atomic mass is 16.1. The van der Waals surface area contributed by atoms with Crippen molar-refractivity contribution < 1.29 is 4.79 Å². The number of rotatable bonds is 2. The monoisotopic (exact) mass is 127 g/mol. The molecule has 0 bridgehead atoms. The van der Waals surface area contributed by atoms with Gasteiger partial charge < -0.3 is 5.32 Å². The summed E-state index contributed by atoms with van der Waals surface area (Å²) in [4.78, 5) is 10.4. The Kier molecular flexibility index (Phi) is 3.76. The zero-order valence-corrected chi connectivity index (χ0v) is 6.19. The number of hydrogen-bond donors (Lipinski definition) is 1. The molecule has 0 heterocycles. The van der Waals surface area contributed by atoms with E-state index in [1.165, 1.54) is 6.92 Å². The summed E-state index contributed by atoms with van der Waals surface area (Å²) in [5.41, 5.74) is 0.935. The maximum Gasteiger partial charge on any atom is 0.220 e. The second kappa shape index (κ2) is 4.13. The summed E-state index contributed by atoms with van der Waals surface area (Å²) in [5.74, 6) is -0.00259. The van der Waals surface area contributed by atoms with Gasteiger partial charge in [-0.3, -0.25) is 4.79 Å². The first kappa shape index (κ1) is 8.21. The Morgan fingerprint density at radius 3 is 2.44 bits per heavy atom. The molecule has 0 unspecified atom stereocenters. The molecule has 2 heteroatoms. The molecule has 0 aliphatic rings. The average molecular weight is 127 g/mol. The van der Waals surface area contributed by atoms with Gasteiger partial charge in [0, 0.05) is 12.6 Å². The molecule has 0 rings (SSSR count). The predicted octanol–water partition coefficient (Wildman–Crippen LogP) is 1.44. The molecule has 0 spiro atoms. The zero-order valence-electron chi connectivity index (χ0n) is 6.19. The summed E-state index contributed by atoms with van der Waals surface area (Å²) in [6.07, 6.45) is 2.94. The van der Waals surface area contributed by atoms with Gasteiger partial charge in [-0.2, -0.15) is 0 Å². The minimum Gasteiger partial charge on any atom is -0.331 e. The van der Waals surface area contributed by atoms with Crippen LogP contribution in [-0.2, 0) is 4.79 Å².